The van der Waals surface area contributed by atoms with Crippen molar-refractivity contribution in [3.05, 3.63) is 0 Å². The van der Waals surface area contributed by atoms with Gasteiger partial charge < -0.3 is 5.73 Å². The van der Waals surface area contributed by atoms with Gasteiger partial charge in [-0.1, -0.05) is 11.8 Å². The molecule has 0 unspecified atom stereocenters. The van der Waals surface area contributed by atoms with E-state index in [0.717, 1.165) is 0 Å². The SMILES string of the molecule is N#CCCSc1n[nH]c(N)n1. The van der Waals surface area contributed by atoms with Crippen LogP contribution in [0.4, 0.5) is 5.95 Å². The maximum absolute atomic E-state index is 8.21. The average molecular weight is 169 g/mol. The molecule has 5 nitrogen and oxygen atoms in total. The first-order valence-corrected chi connectivity index (χ1v) is 3.99. The standard InChI is InChI=1S/C5H7N5S/c6-2-1-3-11-5-8-4(7)9-10-5/h1,3H2,(H3,7,8,9,10). The molecule has 6 heteroatoms. The van der Waals surface area contributed by atoms with Crippen molar-refractivity contribution in [1.29, 1.82) is 5.26 Å². The lowest BCUT2D eigenvalue weighted by Gasteiger charge is -1.86. The van der Waals surface area contributed by atoms with Gasteiger partial charge in [0.2, 0.25) is 11.1 Å². The molecular weight excluding hydrogens is 162 g/mol. The molecule has 0 aromatic carbocycles. The number of anilines is 1. The second-order valence-corrected chi connectivity index (χ2v) is 2.82. The Kier molecular flexibility index (Phi) is 2.74. The van der Waals surface area contributed by atoms with Crippen LogP contribution in [-0.2, 0) is 0 Å². The number of nitriles is 1. The third kappa shape index (κ3) is 2.47. The lowest BCUT2D eigenvalue weighted by molar-refractivity contribution is 0.972. The van der Waals surface area contributed by atoms with Gasteiger partial charge in [-0.15, -0.1) is 5.10 Å². The smallest absolute Gasteiger partial charge is 0.216 e. The van der Waals surface area contributed by atoms with Crippen molar-refractivity contribution < 1.29 is 0 Å². The summed E-state index contributed by atoms with van der Waals surface area (Å²) < 4.78 is 0. The first kappa shape index (κ1) is 7.88. The highest BCUT2D eigenvalue weighted by atomic mass is 32.2. The number of nitrogens with two attached hydrogens (primary N) is 1. The van der Waals surface area contributed by atoms with Crippen LogP contribution in [0, 0.1) is 11.3 Å². The number of aromatic amines is 1. The minimum absolute atomic E-state index is 0.310. The van der Waals surface area contributed by atoms with Crippen LogP contribution in [0.25, 0.3) is 0 Å². The molecule has 58 valence electrons. The summed E-state index contributed by atoms with van der Waals surface area (Å²) in [6.07, 6.45) is 0.499. The minimum Gasteiger partial charge on any atom is -0.368 e. The lowest BCUT2D eigenvalue weighted by Crippen LogP contribution is -1.85. The van der Waals surface area contributed by atoms with Gasteiger partial charge in [0.05, 0.1) is 6.07 Å². The Labute approximate surface area is 68.0 Å². The second kappa shape index (κ2) is 3.83. The molecule has 3 N–H and O–H groups in total. The van der Waals surface area contributed by atoms with Gasteiger partial charge >= 0.3 is 0 Å². The summed E-state index contributed by atoms with van der Waals surface area (Å²) in [7, 11) is 0. The number of hydrogen-bond donors (Lipinski definition) is 2. The van der Waals surface area contributed by atoms with Crippen molar-refractivity contribution in [3.8, 4) is 6.07 Å². The first-order valence-electron chi connectivity index (χ1n) is 3.00. The van der Waals surface area contributed by atoms with Gasteiger partial charge in [-0.25, -0.2) is 5.10 Å². The topological polar surface area (TPSA) is 91.4 Å². The Morgan fingerprint density at radius 2 is 2.55 bits per heavy atom. The van der Waals surface area contributed by atoms with E-state index in [0.29, 0.717) is 23.3 Å². The van der Waals surface area contributed by atoms with Gasteiger partial charge in [0, 0.05) is 12.2 Å². The van der Waals surface area contributed by atoms with Gasteiger partial charge in [0.1, 0.15) is 0 Å². The number of hydrogen-bond acceptors (Lipinski definition) is 5. The van der Waals surface area contributed by atoms with E-state index < -0.39 is 0 Å². The molecule has 1 aromatic heterocycles. The molecule has 0 amide bonds. The third-order valence-corrected chi connectivity index (χ3v) is 1.78. The normalized spacial score (nSPS) is 9.36. The molecular formula is C5H7N5S. The number of H-pyrrole nitrogens is 1. The number of aromatic nitrogens is 3. The van der Waals surface area contributed by atoms with E-state index in [1.54, 1.807) is 0 Å². The summed E-state index contributed by atoms with van der Waals surface area (Å²) >= 11 is 1.41. The van der Waals surface area contributed by atoms with E-state index >= 15 is 0 Å². The van der Waals surface area contributed by atoms with Crippen LogP contribution in [-0.4, -0.2) is 20.9 Å². The summed E-state index contributed by atoms with van der Waals surface area (Å²) in [5, 5.41) is 15.1. The molecule has 0 atom stereocenters. The first-order chi connectivity index (χ1) is 5.33. The number of nitrogen functional groups attached to an aromatic ring is 1. The predicted molar refractivity (Wildman–Crippen MR) is 41.7 cm³/mol. The van der Waals surface area contributed by atoms with Crippen LogP contribution in [0.15, 0.2) is 5.16 Å². The van der Waals surface area contributed by atoms with E-state index in [1.807, 2.05) is 6.07 Å². The van der Waals surface area contributed by atoms with E-state index in [2.05, 4.69) is 15.2 Å². The Hall–Kier alpha value is -1.22. The van der Waals surface area contributed by atoms with Crippen LogP contribution in [0.1, 0.15) is 6.42 Å². The molecule has 1 rings (SSSR count). The Bertz CT molecular complexity index is 262. The van der Waals surface area contributed by atoms with Crippen molar-refractivity contribution >= 4 is 17.7 Å². The highest BCUT2D eigenvalue weighted by Gasteiger charge is 1.98. The monoisotopic (exact) mass is 169 g/mol. The maximum atomic E-state index is 8.21. The molecule has 0 bridgehead atoms. The fourth-order valence-electron chi connectivity index (χ4n) is 0.511. The highest BCUT2D eigenvalue weighted by molar-refractivity contribution is 7.99. The van der Waals surface area contributed by atoms with E-state index in [1.165, 1.54) is 11.8 Å². The molecule has 1 heterocycles. The predicted octanol–water partition coefficient (Wildman–Crippen LogP) is 0.393. The quantitative estimate of drug-likeness (QED) is 0.504. The summed E-state index contributed by atoms with van der Waals surface area (Å²) in [4.78, 5) is 3.85. The van der Waals surface area contributed by atoms with Crippen LogP contribution in [0.5, 0.6) is 0 Å². The molecule has 1 aromatic rings. The minimum atomic E-state index is 0.310. The van der Waals surface area contributed by atoms with Crippen molar-refractivity contribution in [2.45, 2.75) is 11.6 Å². The zero-order valence-electron chi connectivity index (χ0n) is 5.74. The fourth-order valence-corrected chi connectivity index (χ4v) is 1.16. The molecule has 11 heavy (non-hydrogen) atoms. The van der Waals surface area contributed by atoms with Crippen molar-refractivity contribution in [2.24, 2.45) is 0 Å². The number of nitrogens with one attached hydrogen (secondary N) is 1. The lowest BCUT2D eigenvalue weighted by atomic mass is 10.6. The zero-order valence-corrected chi connectivity index (χ0v) is 6.56. The average Bonchev–Trinajstić information content (AvgIpc) is 2.37. The largest absolute Gasteiger partial charge is 0.368 e. The molecule has 0 radical (unpaired) electrons. The van der Waals surface area contributed by atoms with Crippen molar-refractivity contribution in [2.75, 3.05) is 11.5 Å². The van der Waals surface area contributed by atoms with Crippen LogP contribution >= 0.6 is 11.8 Å². The van der Waals surface area contributed by atoms with E-state index in [-0.39, 0.29) is 0 Å². The van der Waals surface area contributed by atoms with E-state index in [9.17, 15) is 0 Å². The van der Waals surface area contributed by atoms with Gasteiger partial charge in [0.25, 0.3) is 0 Å². The molecule has 0 saturated carbocycles. The van der Waals surface area contributed by atoms with Crippen LogP contribution < -0.4 is 5.73 Å². The molecule has 0 spiro atoms. The Balaban J connectivity index is 2.34. The molecule has 0 aliphatic rings. The highest BCUT2D eigenvalue weighted by Crippen LogP contribution is 2.12. The number of rotatable bonds is 3. The van der Waals surface area contributed by atoms with Crippen molar-refractivity contribution in [1.82, 2.24) is 15.2 Å². The van der Waals surface area contributed by atoms with E-state index in [4.69, 9.17) is 11.0 Å². The molecule has 0 saturated heterocycles. The van der Waals surface area contributed by atoms with Gasteiger partial charge in [-0.3, -0.25) is 0 Å². The number of thioether (sulfide) groups is 1. The van der Waals surface area contributed by atoms with Crippen LogP contribution in [0.2, 0.25) is 0 Å². The maximum Gasteiger partial charge on any atom is 0.216 e. The zero-order chi connectivity index (χ0) is 8.10. The van der Waals surface area contributed by atoms with Crippen molar-refractivity contribution in [3.63, 3.8) is 0 Å². The molecule has 0 aliphatic heterocycles. The Morgan fingerprint density at radius 1 is 1.73 bits per heavy atom. The van der Waals surface area contributed by atoms with Gasteiger partial charge in [0.15, 0.2) is 0 Å². The molecule has 0 fully saturated rings. The summed E-state index contributed by atoms with van der Waals surface area (Å²) in [5.41, 5.74) is 5.28. The summed E-state index contributed by atoms with van der Waals surface area (Å²) in [6.45, 7) is 0. The second-order valence-electron chi connectivity index (χ2n) is 1.76. The van der Waals surface area contributed by atoms with Gasteiger partial charge in [-0.05, 0) is 0 Å². The molecule has 0 aliphatic carbocycles. The van der Waals surface area contributed by atoms with Gasteiger partial charge in [-0.2, -0.15) is 10.2 Å². The Morgan fingerprint density at radius 3 is 3.09 bits per heavy atom. The third-order valence-electron chi connectivity index (χ3n) is 0.927. The number of nitrogens with zero attached hydrogens (tertiary/aromatic N) is 3. The summed E-state index contributed by atoms with van der Waals surface area (Å²) in [6, 6.07) is 2.03. The summed E-state index contributed by atoms with van der Waals surface area (Å²) in [5.74, 6) is 1.01. The van der Waals surface area contributed by atoms with Crippen LogP contribution in [0.3, 0.4) is 0 Å². The fraction of sp³-hybridized carbons (Fsp3) is 0.400.